The predicted octanol–water partition coefficient (Wildman–Crippen LogP) is 5.75. The number of hydrogen-bond acceptors (Lipinski definition) is 0. The molecule has 0 aliphatic carbocycles. The molecule has 0 spiro atoms. The molecular formula is C20H25. The average molecular weight is 265 g/mol. The lowest BCUT2D eigenvalue weighted by atomic mass is 9.74. The minimum atomic E-state index is 0.131. The number of benzene rings is 2. The lowest BCUT2D eigenvalue weighted by Crippen LogP contribution is -2.19. The van der Waals surface area contributed by atoms with E-state index in [1.165, 1.54) is 22.3 Å². The zero-order valence-corrected chi connectivity index (χ0v) is 13.5. The number of hydrogen-bond donors (Lipinski definition) is 0. The molecule has 0 N–H and O–H groups in total. The highest BCUT2D eigenvalue weighted by Crippen LogP contribution is 2.40. The van der Waals surface area contributed by atoms with Crippen molar-refractivity contribution < 1.29 is 0 Å². The van der Waals surface area contributed by atoms with Gasteiger partial charge in [-0.2, -0.15) is 0 Å². The Morgan fingerprint density at radius 3 is 1.70 bits per heavy atom. The normalized spacial score (nSPS) is 12.5. The maximum Gasteiger partial charge on any atom is -0.0109 e. The summed E-state index contributed by atoms with van der Waals surface area (Å²) in [4.78, 5) is 0. The molecule has 0 amide bonds. The third kappa shape index (κ3) is 2.95. The second-order valence-corrected chi connectivity index (χ2v) is 7.52. The van der Waals surface area contributed by atoms with E-state index in [9.17, 15) is 0 Å². The smallest absolute Gasteiger partial charge is 0.0109 e. The summed E-state index contributed by atoms with van der Waals surface area (Å²) in [6, 6.07) is 18.2. The first-order valence-corrected chi connectivity index (χ1v) is 7.32. The molecule has 0 fully saturated rings. The van der Waals surface area contributed by atoms with Crippen LogP contribution in [-0.2, 0) is 10.8 Å². The first-order chi connectivity index (χ1) is 9.21. The standard InChI is InChI=1S/C20H25/c1-19(2,3)16-13-10-14-17(20(4,5)6)18(16)15-11-8-7-9-12-15/h7-8,10-14H,1-6H3. The van der Waals surface area contributed by atoms with Gasteiger partial charge in [0.15, 0.2) is 0 Å². The van der Waals surface area contributed by atoms with Gasteiger partial charge >= 0.3 is 0 Å². The second-order valence-electron chi connectivity index (χ2n) is 7.52. The summed E-state index contributed by atoms with van der Waals surface area (Å²) in [5.74, 6) is 0. The van der Waals surface area contributed by atoms with Crippen molar-refractivity contribution in [1.29, 1.82) is 0 Å². The first-order valence-electron chi connectivity index (χ1n) is 7.32. The summed E-state index contributed by atoms with van der Waals surface area (Å²) in [6.45, 7) is 13.7. The summed E-state index contributed by atoms with van der Waals surface area (Å²) >= 11 is 0. The van der Waals surface area contributed by atoms with Gasteiger partial charge in [-0.15, -0.1) is 0 Å². The van der Waals surface area contributed by atoms with E-state index in [1.807, 2.05) is 6.07 Å². The van der Waals surface area contributed by atoms with Gasteiger partial charge in [-0.1, -0.05) is 77.9 Å². The van der Waals surface area contributed by atoms with Gasteiger partial charge in [0.05, 0.1) is 0 Å². The third-order valence-electron chi connectivity index (χ3n) is 3.68. The van der Waals surface area contributed by atoms with Crippen LogP contribution in [0.2, 0.25) is 0 Å². The van der Waals surface area contributed by atoms with Crippen LogP contribution in [-0.4, -0.2) is 0 Å². The molecule has 0 aliphatic rings. The quantitative estimate of drug-likeness (QED) is 0.616. The van der Waals surface area contributed by atoms with E-state index >= 15 is 0 Å². The summed E-state index contributed by atoms with van der Waals surface area (Å²) in [7, 11) is 0. The Hall–Kier alpha value is -1.56. The van der Waals surface area contributed by atoms with E-state index in [4.69, 9.17) is 0 Å². The van der Waals surface area contributed by atoms with Crippen molar-refractivity contribution in [3.63, 3.8) is 0 Å². The molecular weight excluding hydrogens is 240 g/mol. The van der Waals surface area contributed by atoms with Crippen LogP contribution < -0.4 is 0 Å². The molecule has 2 rings (SSSR count). The van der Waals surface area contributed by atoms with Crippen LogP contribution in [0.5, 0.6) is 0 Å². The SMILES string of the molecule is CC(C)(C)c1cccc(C(C)(C)C)c1-c1c[c]ccc1. The zero-order chi connectivity index (χ0) is 15.0. The maximum atomic E-state index is 3.22. The van der Waals surface area contributed by atoms with Gasteiger partial charge in [0.25, 0.3) is 0 Å². The van der Waals surface area contributed by atoms with Crippen LogP contribution in [0.4, 0.5) is 0 Å². The molecule has 0 atom stereocenters. The van der Waals surface area contributed by atoms with Gasteiger partial charge in [0.2, 0.25) is 0 Å². The Morgan fingerprint density at radius 1 is 0.750 bits per heavy atom. The van der Waals surface area contributed by atoms with Gasteiger partial charge in [0.1, 0.15) is 0 Å². The molecule has 0 unspecified atom stereocenters. The fourth-order valence-corrected chi connectivity index (χ4v) is 2.66. The van der Waals surface area contributed by atoms with Crippen molar-refractivity contribution in [1.82, 2.24) is 0 Å². The zero-order valence-electron chi connectivity index (χ0n) is 13.5. The molecule has 0 aliphatic heterocycles. The van der Waals surface area contributed by atoms with Crippen LogP contribution in [0, 0.1) is 6.07 Å². The molecule has 0 heteroatoms. The molecule has 2 aromatic rings. The van der Waals surface area contributed by atoms with E-state index in [-0.39, 0.29) is 10.8 Å². The average Bonchev–Trinajstić information content (AvgIpc) is 2.37. The fourth-order valence-electron chi connectivity index (χ4n) is 2.66. The largest absolute Gasteiger partial charge is 0.0616 e. The first kappa shape index (κ1) is 14.8. The lowest BCUT2D eigenvalue weighted by molar-refractivity contribution is 0.572. The Morgan fingerprint density at radius 2 is 1.30 bits per heavy atom. The van der Waals surface area contributed by atoms with Crippen LogP contribution in [0.25, 0.3) is 11.1 Å². The molecule has 2 aromatic carbocycles. The molecule has 0 nitrogen and oxygen atoms in total. The molecule has 0 heterocycles. The van der Waals surface area contributed by atoms with Crippen LogP contribution in [0.1, 0.15) is 52.7 Å². The van der Waals surface area contributed by atoms with Crippen molar-refractivity contribution in [2.24, 2.45) is 0 Å². The van der Waals surface area contributed by atoms with Crippen LogP contribution >= 0.6 is 0 Å². The van der Waals surface area contributed by atoms with Crippen molar-refractivity contribution in [3.8, 4) is 11.1 Å². The van der Waals surface area contributed by atoms with Crippen molar-refractivity contribution in [2.45, 2.75) is 52.4 Å². The van der Waals surface area contributed by atoms with Gasteiger partial charge in [-0.25, -0.2) is 0 Å². The van der Waals surface area contributed by atoms with E-state index in [0.717, 1.165) is 0 Å². The van der Waals surface area contributed by atoms with Crippen molar-refractivity contribution in [3.05, 3.63) is 59.7 Å². The monoisotopic (exact) mass is 265 g/mol. The molecule has 0 bridgehead atoms. The Labute approximate surface area is 123 Å². The molecule has 0 saturated heterocycles. The molecule has 1 radical (unpaired) electrons. The summed E-state index contributed by atoms with van der Waals surface area (Å²) < 4.78 is 0. The maximum absolute atomic E-state index is 3.22. The summed E-state index contributed by atoms with van der Waals surface area (Å²) in [5, 5.41) is 0. The van der Waals surface area contributed by atoms with Crippen LogP contribution in [0.3, 0.4) is 0 Å². The van der Waals surface area contributed by atoms with Crippen molar-refractivity contribution in [2.75, 3.05) is 0 Å². The van der Waals surface area contributed by atoms with Crippen LogP contribution in [0.15, 0.2) is 42.5 Å². The highest BCUT2D eigenvalue weighted by atomic mass is 14.3. The Bertz CT molecular complexity index is 545. The van der Waals surface area contributed by atoms with Gasteiger partial charge in [-0.3, -0.25) is 0 Å². The molecule has 0 aromatic heterocycles. The van der Waals surface area contributed by atoms with Gasteiger partial charge < -0.3 is 0 Å². The molecule has 105 valence electrons. The summed E-state index contributed by atoms with van der Waals surface area (Å²) in [6.07, 6.45) is 0. The highest BCUT2D eigenvalue weighted by Gasteiger charge is 2.25. The molecule has 20 heavy (non-hydrogen) atoms. The topological polar surface area (TPSA) is 0 Å². The second kappa shape index (κ2) is 5.09. The Balaban J connectivity index is 2.80. The van der Waals surface area contributed by atoms with E-state index in [0.29, 0.717) is 0 Å². The van der Waals surface area contributed by atoms with Gasteiger partial charge in [-0.05, 0) is 45.2 Å². The number of rotatable bonds is 1. The predicted molar refractivity (Wildman–Crippen MR) is 88.1 cm³/mol. The lowest BCUT2D eigenvalue weighted by Gasteiger charge is -2.30. The van der Waals surface area contributed by atoms with Crippen molar-refractivity contribution >= 4 is 0 Å². The molecule has 0 saturated carbocycles. The highest BCUT2D eigenvalue weighted by molar-refractivity contribution is 5.73. The third-order valence-corrected chi connectivity index (χ3v) is 3.68. The van der Waals surface area contributed by atoms with E-state index in [2.05, 4.69) is 84.0 Å². The Kier molecular flexibility index (Phi) is 3.77. The van der Waals surface area contributed by atoms with E-state index < -0.39 is 0 Å². The minimum absolute atomic E-state index is 0.131. The van der Waals surface area contributed by atoms with Gasteiger partial charge in [0, 0.05) is 0 Å². The minimum Gasteiger partial charge on any atom is -0.0616 e. The van der Waals surface area contributed by atoms with E-state index in [1.54, 1.807) is 0 Å². The summed E-state index contributed by atoms with van der Waals surface area (Å²) in [5.41, 5.74) is 5.72. The fraction of sp³-hybridized carbons (Fsp3) is 0.400.